The molecule has 0 aliphatic carbocycles. The second-order valence-corrected chi connectivity index (χ2v) is 2.54. The zero-order chi connectivity index (χ0) is 6.57. The van der Waals surface area contributed by atoms with Crippen molar-refractivity contribution in [1.82, 2.24) is 0 Å². The van der Waals surface area contributed by atoms with Crippen LogP contribution in [0.15, 0.2) is 0 Å². The molecule has 0 fully saturated rings. The van der Waals surface area contributed by atoms with E-state index in [1.165, 1.54) is 0 Å². The van der Waals surface area contributed by atoms with Crippen LogP contribution < -0.4 is 0 Å². The molecule has 0 aromatic carbocycles. The van der Waals surface area contributed by atoms with Gasteiger partial charge in [0.25, 0.3) is 0 Å². The third-order valence-corrected chi connectivity index (χ3v) is 1.08. The van der Waals surface area contributed by atoms with Crippen molar-refractivity contribution in [2.45, 2.75) is 20.3 Å². The molecule has 0 aromatic heterocycles. The molecular formula is C6H11ClO. The number of halogens is 1. The van der Waals surface area contributed by atoms with Gasteiger partial charge < -0.3 is 0 Å². The first-order valence-corrected chi connectivity index (χ1v) is 3.28. The molecular weight excluding hydrogens is 124 g/mol. The molecule has 0 radical (unpaired) electrons. The molecule has 0 aliphatic heterocycles. The molecule has 48 valence electrons. The van der Waals surface area contributed by atoms with Crippen LogP contribution in [-0.2, 0) is 4.79 Å². The molecule has 0 saturated carbocycles. The second-order valence-electron chi connectivity index (χ2n) is 2.27. The summed E-state index contributed by atoms with van der Waals surface area (Å²) in [5.74, 6) is 0.751. The first-order chi connectivity index (χ1) is 3.66. The smallest absolute Gasteiger partial charge is 0.147 e. The Labute approximate surface area is 55.0 Å². The molecule has 0 amide bonds. The Morgan fingerprint density at radius 1 is 1.62 bits per heavy atom. The van der Waals surface area contributed by atoms with Crippen molar-refractivity contribution in [3.05, 3.63) is 0 Å². The first-order valence-electron chi connectivity index (χ1n) is 2.74. The topological polar surface area (TPSA) is 17.1 Å². The predicted molar refractivity (Wildman–Crippen MR) is 35.2 cm³/mol. The maximum atomic E-state index is 10.5. The number of ketones is 1. The molecule has 0 saturated heterocycles. The third-order valence-electron chi connectivity index (χ3n) is 0.785. The lowest BCUT2D eigenvalue weighted by atomic mass is 10.1. The molecule has 8 heavy (non-hydrogen) atoms. The lowest BCUT2D eigenvalue weighted by molar-refractivity contribution is -0.117. The Hall–Kier alpha value is -0.0400. The minimum absolute atomic E-state index is 0.140. The Morgan fingerprint density at radius 2 is 2.12 bits per heavy atom. The molecule has 0 unspecified atom stereocenters. The minimum Gasteiger partial charge on any atom is -0.298 e. The monoisotopic (exact) mass is 134 g/mol. The summed E-state index contributed by atoms with van der Waals surface area (Å²) in [5, 5.41) is 0. The molecule has 0 N–H and O–H groups in total. The van der Waals surface area contributed by atoms with Gasteiger partial charge in [0.15, 0.2) is 0 Å². The van der Waals surface area contributed by atoms with Gasteiger partial charge in [0.2, 0.25) is 0 Å². The van der Waals surface area contributed by atoms with E-state index < -0.39 is 0 Å². The average Bonchev–Trinajstić information content (AvgIpc) is 1.65. The minimum atomic E-state index is 0.140. The summed E-state index contributed by atoms with van der Waals surface area (Å²) in [5.41, 5.74) is 0. The maximum Gasteiger partial charge on any atom is 0.147 e. The van der Waals surface area contributed by atoms with Crippen LogP contribution in [0.5, 0.6) is 0 Å². The van der Waals surface area contributed by atoms with Crippen molar-refractivity contribution in [3.63, 3.8) is 0 Å². The van der Waals surface area contributed by atoms with Crippen molar-refractivity contribution in [1.29, 1.82) is 0 Å². The van der Waals surface area contributed by atoms with Gasteiger partial charge in [-0.1, -0.05) is 13.8 Å². The molecule has 0 heterocycles. The normalized spacial score (nSPS) is 10.0. The Balaban J connectivity index is 3.25. The molecule has 0 spiro atoms. The summed E-state index contributed by atoms with van der Waals surface area (Å²) in [4.78, 5) is 10.5. The van der Waals surface area contributed by atoms with Crippen molar-refractivity contribution in [2.75, 3.05) is 5.88 Å². The zero-order valence-corrected chi connectivity index (χ0v) is 6.03. The first kappa shape index (κ1) is 7.96. The average molecular weight is 135 g/mol. The van der Waals surface area contributed by atoms with Gasteiger partial charge in [0.05, 0.1) is 5.88 Å². The van der Waals surface area contributed by atoms with Crippen molar-refractivity contribution in [3.8, 4) is 0 Å². The summed E-state index contributed by atoms with van der Waals surface area (Å²) >= 11 is 5.25. The van der Waals surface area contributed by atoms with Crippen LogP contribution in [0.2, 0.25) is 0 Å². The zero-order valence-electron chi connectivity index (χ0n) is 5.28. The van der Waals surface area contributed by atoms with Crippen LogP contribution in [0, 0.1) is 5.92 Å². The number of alkyl halides is 1. The summed E-state index contributed by atoms with van der Waals surface area (Å²) in [7, 11) is 0. The van der Waals surface area contributed by atoms with Gasteiger partial charge in [0.1, 0.15) is 5.78 Å². The summed E-state index contributed by atoms with van der Waals surface area (Å²) in [6.07, 6.45) is 0.615. The third kappa shape index (κ3) is 4.13. The fourth-order valence-electron chi connectivity index (χ4n) is 0.510. The van der Waals surface area contributed by atoms with Gasteiger partial charge in [-0.2, -0.15) is 0 Å². The van der Waals surface area contributed by atoms with E-state index in [0.29, 0.717) is 12.3 Å². The maximum absolute atomic E-state index is 10.5. The largest absolute Gasteiger partial charge is 0.298 e. The molecule has 0 bridgehead atoms. The molecule has 0 atom stereocenters. The molecule has 0 rings (SSSR count). The van der Waals surface area contributed by atoms with E-state index in [1.807, 2.05) is 13.8 Å². The van der Waals surface area contributed by atoms with Crippen LogP contribution in [0.3, 0.4) is 0 Å². The van der Waals surface area contributed by atoms with E-state index in [-0.39, 0.29) is 11.7 Å². The molecule has 2 heteroatoms. The predicted octanol–water partition coefficient (Wildman–Crippen LogP) is 1.84. The Morgan fingerprint density at radius 3 is 2.25 bits per heavy atom. The molecule has 0 aliphatic rings. The number of carbonyl (C=O) groups excluding carboxylic acids is 1. The Bertz CT molecular complexity index is 78.6. The summed E-state index contributed by atoms with van der Waals surface area (Å²) in [6.45, 7) is 4.01. The van der Waals surface area contributed by atoms with Gasteiger partial charge in [-0.05, 0) is 5.92 Å². The van der Waals surface area contributed by atoms with E-state index in [2.05, 4.69) is 0 Å². The summed E-state index contributed by atoms with van der Waals surface area (Å²) in [6, 6.07) is 0. The van der Waals surface area contributed by atoms with Gasteiger partial charge in [-0.15, -0.1) is 11.6 Å². The van der Waals surface area contributed by atoms with E-state index in [4.69, 9.17) is 11.6 Å². The highest BCUT2D eigenvalue weighted by Crippen LogP contribution is 2.00. The Kier molecular flexibility index (Phi) is 3.88. The number of hydrogen-bond donors (Lipinski definition) is 0. The number of rotatable bonds is 3. The van der Waals surface area contributed by atoms with E-state index >= 15 is 0 Å². The van der Waals surface area contributed by atoms with Crippen molar-refractivity contribution in [2.24, 2.45) is 5.92 Å². The van der Waals surface area contributed by atoms with Crippen LogP contribution in [-0.4, -0.2) is 11.7 Å². The quantitative estimate of drug-likeness (QED) is 0.539. The standard InChI is InChI=1S/C6H11ClO/c1-5(2)3-6(8)4-7/h5H,3-4H2,1-2H3. The lowest BCUT2D eigenvalue weighted by Crippen LogP contribution is -2.02. The van der Waals surface area contributed by atoms with Crippen LogP contribution in [0.25, 0.3) is 0 Å². The molecule has 1 nitrogen and oxygen atoms in total. The van der Waals surface area contributed by atoms with Gasteiger partial charge in [0, 0.05) is 6.42 Å². The fraction of sp³-hybridized carbons (Fsp3) is 0.833. The number of carbonyl (C=O) groups is 1. The highest BCUT2D eigenvalue weighted by Gasteiger charge is 2.00. The van der Waals surface area contributed by atoms with E-state index in [1.54, 1.807) is 0 Å². The van der Waals surface area contributed by atoms with Crippen LogP contribution in [0.1, 0.15) is 20.3 Å². The van der Waals surface area contributed by atoms with E-state index in [0.717, 1.165) is 0 Å². The van der Waals surface area contributed by atoms with E-state index in [9.17, 15) is 4.79 Å². The highest BCUT2D eigenvalue weighted by molar-refractivity contribution is 6.27. The van der Waals surface area contributed by atoms with Gasteiger partial charge in [-0.25, -0.2) is 0 Å². The summed E-state index contributed by atoms with van der Waals surface area (Å²) < 4.78 is 0. The van der Waals surface area contributed by atoms with Gasteiger partial charge >= 0.3 is 0 Å². The van der Waals surface area contributed by atoms with Crippen molar-refractivity contribution < 1.29 is 4.79 Å². The number of Topliss-reactive ketones (excluding diaryl/α,β-unsaturated/α-hetero) is 1. The highest BCUT2D eigenvalue weighted by atomic mass is 35.5. The SMILES string of the molecule is CC(C)CC(=O)CCl. The number of hydrogen-bond acceptors (Lipinski definition) is 1. The van der Waals surface area contributed by atoms with Gasteiger partial charge in [-0.3, -0.25) is 4.79 Å². The lowest BCUT2D eigenvalue weighted by Gasteiger charge is -1.97. The van der Waals surface area contributed by atoms with Crippen LogP contribution >= 0.6 is 11.6 Å². The van der Waals surface area contributed by atoms with Crippen LogP contribution in [0.4, 0.5) is 0 Å². The fourth-order valence-corrected chi connectivity index (χ4v) is 0.619. The van der Waals surface area contributed by atoms with Crippen molar-refractivity contribution >= 4 is 17.4 Å². The molecule has 0 aromatic rings. The second kappa shape index (κ2) is 3.90.